The fourth-order valence-corrected chi connectivity index (χ4v) is 2.17. The molecule has 19 heavy (non-hydrogen) atoms. The Morgan fingerprint density at radius 1 is 0.947 bits per heavy atom. The maximum Gasteiger partial charge on any atom is 0.256 e. The van der Waals surface area contributed by atoms with Gasteiger partial charge in [0.2, 0.25) is 0 Å². The Morgan fingerprint density at radius 3 is 2.37 bits per heavy atom. The van der Waals surface area contributed by atoms with Crippen molar-refractivity contribution in [3.05, 3.63) is 52.8 Å². The van der Waals surface area contributed by atoms with Crippen molar-refractivity contribution in [2.45, 2.75) is 13.8 Å². The molecular weight excluding hydrogens is 238 g/mol. The molecule has 3 nitrogen and oxygen atoms in total. The SMILES string of the molecule is CC.COc1cccc2c(=O)[nH]c3ccccc3c12. The summed E-state index contributed by atoms with van der Waals surface area (Å²) in [6.45, 7) is 4.00. The number of aromatic amines is 1. The summed E-state index contributed by atoms with van der Waals surface area (Å²) in [4.78, 5) is 14.8. The summed E-state index contributed by atoms with van der Waals surface area (Å²) in [7, 11) is 1.62. The zero-order valence-corrected chi connectivity index (χ0v) is 11.4. The van der Waals surface area contributed by atoms with Crippen LogP contribution in [0.1, 0.15) is 13.8 Å². The molecule has 1 heterocycles. The van der Waals surface area contributed by atoms with Crippen molar-refractivity contribution in [3.63, 3.8) is 0 Å². The first kappa shape index (κ1) is 13.1. The topological polar surface area (TPSA) is 42.1 Å². The number of ether oxygens (including phenoxy) is 1. The lowest BCUT2D eigenvalue weighted by molar-refractivity contribution is 0.420. The molecule has 0 spiro atoms. The summed E-state index contributed by atoms with van der Waals surface area (Å²) >= 11 is 0. The van der Waals surface area contributed by atoms with Crippen LogP contribution in [0.15, 0.2) is 47.3 Å². The van der Waals surface area contributed by atoms with E-state index in [1.165, 1.54) is 0 Å². The van der Waals surface area contributed by atoms with Crippen LogP contribution in [0.25, 0.3) is 21.7 Å². The molecule has 3 rings (SSSR count). The third kappa shape index (κ3) is 2.19. The molecule has 0 saturated heterocycles. The van der Waals surface area contributed by atoms with Crippen molar-refractivity contribution in [3.8, 4) is 5.75 Å². The number of para-hydroxylation sites is 1. The van der Waals surface area contributed by atoms with Crippen LogP contribution >= 0.6 is 0 Å². The van der Waals surface area contributed by atoms with Gasteiger partial charge in [-0.25, -0.2) is 0 Å². The van der Waals surface area contributed by atoms with Gasteiger partial charge in [0.1, 0.15) is 5.75 Å². The molecule has 0 aliphatic carbocycles. The average Bonchev–Trinajstić information content (AvgIpc) is 2.49. The summed E-state index contributed by atoms with van der Waals surface area (Å²) < 4.78 is 5.34. The van der Waals surface area contributed by atoms with Crippen molar-refractivity contribution in [1.82, 2.24) is 4.98 Å². The van der Waals surface area contributed by atoms with Crippen LogP contribution < -0.4 is 10.3 Å². The molecule has 3 heteroatoms. The number of hydrogen-bond donors (Lipinski definition) is 1. The molecule has 98 valence electrons. The molecule has 3 aromatic rings. The molecular formula is C16H17NO2. The van der Waals surface area contributed by atoms with Crippen LogP contribution in [-0.4, -0.2) is 12.1 Å². The van der Waals surface area contributed by atoms with Crippen LogP contribution in [0.3, 0.4) is 0 Å². The van der Waals surface area contributed by atoms with E-state index in [2.05, 4.69) is 4.98 Å². The highest BCUT2D eigenvalue weighted by Gasteiger charge is 2.08. The number of H-pyrrole nitrogens is 1. The van der Waals surface area contributed by atoms with Gasteiger partial charge in [-0.1, -0.05) is 38.1 Å². The third-order valence-electron chi connectivity index (χ3n) is 2.94. The lowest BCUT2D eigenvalue weighted by Crippen LogP contribution is -2.06. The highest BCUT2D eigenvalue weighted by atomic mass is 16.5. The predicted molar refractivity (Wildman–Crippen MR) is 80.0 cm³/mol. The van der Waals surface area contributed by atoms with E-state index in [1.807, 2.05) is 56.3 Å². The van der Waals surface area contributed by atoms with E-state index >= 15 is 0 Å². The number of rotatable bonds is 1. The molecule has 0 aliphatic heterocycles. The standard InChI is InChI=1S/C14H11NO2.C2H6/c1-17-12-8-4-6-10-13(12)9-5-2-3-7-11(9)15-14(10)16;1-2/h2-8H,1H3,(H,15,16);1-2H3. The predicted octanol–water partition coefficient (Wildman–Crippen LogP) is 3.72. The summed E-state index contributed by atoms with van der Waals surface area (Å²) in [5.41, 5.74) is 0.743. The fourth-order valence-electron chi connectivity index (χ4n) is 2.17. The maximum atomic E-state index is 11.9. The summed E-state index contributed by atoms with van der Waals surface area (Å²) in [5, 5.41) is 2.52. The second-order valence-corrected chi connectivity index (χ2v) is 3.88. The molecule has 0 aliphatic rings. The van der Waals surface area contributed by atoms with Gasteiger partial charge in [-0.2, -0.15) is 0 Å². The molecule has 0 fully saturated rings. The normalized spacial score (nSPS) is 10.1. The number of aromatic nitrogens is 1. The van der Waals surface area contributed by atoms with Gasteiger partial charge in [-0.15, -0.1) is 0 Å². The van der Waals surface area contributed by atoms with E-state index in [9.17, 15) is 4.79 Å². The lowest BCUT2D eigenvalue weighted by atomic mass is 10.1. The zero-order chi connectivity index (χ0) is 13.8. The van der Waals surface area contributed by atoms with Gasteiger partial charge in [0.05, 0.1) is 12.5 Å². The molecule has 1 N–H and O–H groups in total. The van der Waals surface area contributed by atoms with E-state index < -0.39 is 0 Å². The van der Waals surface area contributed by atoms with Gasteiger partial charge in [-0.3, -0.25) is 4.79 Å². The molecule has 0 amide bonds. The van der Waals surface area contributed by atoms with Crippen molar-refractivity contribution in [1.29, 1.82) is 0 Å². The minimum absolute atomic E-state index is 0.0856. The van der Waals surface area contributed by atoms with Gasteiger partial charge in [0.25, 0.3) is 5.56 Å². The van der Waals surface area contributed by atoms with E-state index in [1.54, 1.807) is 7.11 Å². The van der Waals surface area contributed by atoms with Gasteiger partial charge in [0.15, 0.2) is 0 Å². The first-order chi connectivity index (χ1) is 9.31. The Kier molecular flexibility index (Phi) is 3.85. The van der Waals surface area contributed by atoms with E-state index in [-0.39, 0.29) is 5.56 Å². The summed E-state index contributed by atoms with van der Waals surface area (Å²) in [6.07, 6.45) is 0. The molecule has 0 bridgehead atoms. The zero-order valence-electron chi connectivity index (χ0n) is 11.4. The van der Waals surface area contributed by atoms with Crippen LogP contribution in [-0.2, 0) is 0 Å². The Labute approximate surface area is 111 Å². The second-order valence-electron chi connectivity index (χ2n) is 3.88. The van der Waals surface area contributed by atoms with E-state index in [4.69, 9.17) is 4.74 Å². The number of pyridine rings is 1. The van der Waals surface area contributed by atoms with E-state index in [0.717, 1.165) is 22.0 Å². The van der Waals surface area contributed by atoms with Crippen molar-refractivity contribution in [2.75, 3.05) is 7.11 Å². The lowest BCUT2D eigenvalue weighted by Gasteiger charge is -2.07. The number of benzene rings is 2. The fraction of sp³-hybridized carbons (Fsp3) is 0.188. The van der Waals surface area contributed by atoms with Crippen LogP contribution in [0, 0.1) is 0 Å². The molecule has 0 radical (unpaired) electrons. The van der Waals surface area contributed by atoms with Crippen molar-refractivity contribution >= 4 is 21.7 Å². The first-order valence-electron chi connectivity index (χ1n) is 6.39. The number of nitrogens with one attached hydrogen (secondary N) is 1. The largest absolute Gasteiger partial charge is 0.496 e. The number of hydrogen-bond acceptors (Lipinski definition) is 2. The van der Waals surface area contributed by atoms with Crippen LogP contribution in [0.5, 0.6) is 5.75 Å². The van der Waals surface area contributed by atoms with Crippen molar-refractivity contribution < 1.29 is 4.74 Å². The van der Waals surface area contributed by atoms with Crippen LogP contribution in [0.4, 0.5) is 0 Å². The molecule has 0 saturated carbocycles. The first-order valence-corrected chi connectivity index (χ1v) is 6.39. The van der Waals surface area contributed by atoms with Gasteiger partial charge in [0, 0.05) is 16.3 Å². The number of methoxy groups -OCH3 is 1. The monoisotopic (exact) mass is 255 g/mol. The quantitative estimate of drug-likeness (QED) is 0.673. The average molecular weight is 255 g/mol. The Bertz CT molecular complexity index is 759. The van der Waals surface area contributed by atoms with Crippen LogP contribution in [0.2, 0.25) is 0 Å². The number of fused-ring (bicyclic) bond motifs is 3. The molecule has 0 unspecified atom stereocenters. The smallest absolute Gasteiger partial charge is 0.256 e. The summed E-state index contributed by atoms with van der Waals surface area (Å²) in [5.74, 6) is 0.727. The van der Waals surface area contributed by atoms with Crippen molar-refractivity contribution in [2.24, 2.45) is 0 Å². The highest BCUT2D eigenvalue weighted by Crippen LogP contribution is 2.29. The Morgan fingerprint density at radius 2 is 1.63 bits per heavy atom. The van der Waals surface area contributed by atoms with Gasteiger partial charge in [-0.05, 0) is 18.2 Å². The Hall–Kier alpha value is -2.29. The second kappa shape index (κ2) is 5.57. The molecule has 0 atom stereocenters. The van der Waals surface area contributed by atoms with Gasteiger partial charge < -0.3 is 9.72 Å². The highest BCUT2D eigenvalue weighted by molar-refractivity contribution is 6.08. The Balaban J connectivity index is 0.000000637. The molecule has 2 aromatic carbocycles. The minimum Gasteiger partial charge on any atom is -0.496 e. The van der Waals surface area contributed by atoms with E-state index in [0.29, 0.717) is 5.39 Å². The third-order valence-corrected chi connectivity index (χ3v) is 2.94. The molecule has 1 aromatic heterocycles. The van der Waals surface area contributed by atoms with Gasteiger partial charge >= 0.3 is 0 Å². The summed E-state index contributed by atoms with van der Waals surface area (Å²) in [6, 6.07) is 13.2. The maximum absolute atomic E-state index is 11.9. The minimum atomic E-state index is -0.0856.